The molecule has 0 bridgehead atoms. The quantitative estimate of drug-likeness (QED) is 0.662. The lowest BCUT2D eigenvalue weighted by Crippen LogP contribution is -2.62. The van der Waals surface area contributed by atoms with Gasteiger partial charge in [0.05, 0.1) is 13.2 Å². The zero-order valence-corrected chi connectivity index (χ0v) is 16.2. The summed E-state index contributed by atoms with van der Waals surface area (Å²) in [7, 11) is 0. The van der Waals surface area contributed by atoms with Crippen LogP contribution in [-0.4, -0.2) is 46.3 Å². The highest BCUT2D eigenvalue weighted by Gasteiger charge is 2.60. The minimum absolute atomic E-state index is 0.188. The van der Waals surface area contributed by atoms with Gasteiger partial charge in [0.25, 0.3) is 0 Å². The van der Waals surface area contributed by atoms with Crippen molar-refractivity contribution in [1.82, 2.24) is 0 Å². The monoisotopic (exact) mass is 399 g/mol. The molecule has 7 nitrogen and oxygen atoms in total. The fourth-order valence-electron chi connectivity index (χ4n) is 4.19. The summed E-state index contributed by atoms with van der Waals surface area (Å²) < 4.78 is 11.7. The van der Waals surface area contributed by atoms with Gasteiger partial charge in [-0.25, -0.2) is 0 Å². The van der Waals surface area contributed by atoms with Gasteiger partial charge in [-0.2, -0.15) is 4.91 Å². The van der Waals surface area contributed by atoms with E-state index in [1.165, 1.54) is 5.56 Å². The van der Waals surface area contributed by atoms with Crippen LogP contribution in [0.1, 0.15) is 34.7 Å². The van der Waals surface area contributed by atoms with Crippen LogP contribution in [0.2, 0.25) is 0 Å². The van der Waals surface area contributed by atoms with E-state index in [-0.39, 0.29) is 6.61 Å². The molecule has 1 saturated heterocycles. The molecule has 2 aliphatic heterocycles. The number of aryl methyl sites for hydroxylation is 1. The van der Waals surface area contributed by atoms with E-state index < -0.39 is 36.7 Å². The molecule has 7 heteroatoms. The van der Waals surface area contributed by atoms with Gasteiger partial charge in [-0.15, -0.1) is 0 Å². The van der Waals surface area contributed by atoms with E-state index in [9.17, 15) is 20.2 Å². The highest BCUT2D eigenvalue weighted by molar-refractivity contribution is 5.41. The maximum absolute atomic E-state index is 11.6. The third-order valence-corrected chi connectivity index (χ3v) is 5.89. The number of hydrogen-bond acceptors (Lipinski definition) is 7. The first-order chi connectivity index (χ1) is 14.0. The molecular formula is C22H25NO6. The predicted octanol–water partition coefficient (Wildman–Crippen LogP) is 1.77. The number of ether oxygens (including phenoxy) is 2. The minimum Gasteiger partial charge on any atom is -0.394 e. The smallest absolute Gasteiger partial charge is 0.225 e. The van der Waals surface area contributed by atoms with Gasteiger partial charge in [-0.3, -0.25) is 0 Å². The number of benzene rings is 2. The van der Waals surface area contributed by atoms with Crippen LogP contribution in [0.5, 0.6) is 0 Å². The van der Waals surface area contributed by atoms with E-state index >= 15 is 0 Å². The van der Waals surface area contributed by atoms with Crippen LogP contribution in [0.3, 0.4) is 0 Å². The van der Waals surface area contributed by atoms with Crippen LogP contribution in [0.4, 0.5) is 0 Å². The first kappa shape index (κ1) is 20.1. The fourth-order valence-corrected chi connectivity index (χ4v) is 4.19. The molecule has 2 aromatic rings. The van der Waals surface area contributed by atoms with Gasteiger partial charge >= 0.3 is 0 Å². The second kappa shape index (κ2) is 7.93. The Morgan fingerprint density at radius 3 is 2.41 bits per heavy atom. The Labute approximate surface area is 168 Å². The number of aliphatic hydroxyl groups is 3. The maximum atomic E-state index is 11.6. The van der Waals surface area contributed by atoms with Gasteiger partial charge in [-0.05, 0) is 41.2 Å². The van der Waals surface area contributed by atoms with E-state index in [0.29, 0.717) is 12.0 Å². The first-order valence-corrected chi connectivity index (χ1v) is 9.83. The fraction of sp³-hybridized carbons (Fsp3) is 0.455. The Bertz CT molecular complexity index is 885. The van der Waals surface area contributed by atoms with E-state index in [1.807, 2.05) is 18.2 Å². The van der Waals surface area contributed by atoms with E-state index in [0.717, 1.165) is 23.1 Å². The summed E-state index contributed by atoms with van der Waals surface area (Å²) in [5, 5.41) is 33.1. The van der Waals surface area contributed by atoms with Crippen LogP contribution in [0, 0.1) is 4.91 Å². The number of aliphatic hydroxyl groups excluding tert-OH is 3. The van der Waals surface area contributed by atoms with Crippen LogP contribution in [-0.2, 0) is 34.7 Å². The van der Waals surface area contributed by atoms with E-state index in [2.05, 4.69) is 36.4 Å². The lowest BCUT2D eigenvalue weighted by Gasteiger charge is -2.45. The van der Waals surface area contributed by atoms with Crippen molar-refractivity contribution in [3.8, 4) is 0 Å². The molecule has 4 rings (SSSR count). The molecule has 0 amide bonds. The zero-order valence-electron chi connectivity index (χ0n) is 16.2. The average Bonchev–Trinajstić information content (AvgIpc) is 3.10. The molecule has 0 aromatic heterocycles. The molecule has 2 aromatic carbocycles. The molecule has 0 saturated carbocycles. The average molecular weight is 399 g/mol. The molecule has 1 spiro atoms. The Balaban J connectivity index is 1.69. The molecule has 0 aliphatic carbocycles. The first-order valence-electron chi connectivity index (χ1n) is 9.83. The van der Waals surface area contributed by atoms with Gasteiger partial charge in [0.2, 0.25) is 5.79 Å². The van der Waals surface area contributed by atoms with Crippen LogP contribution in [0.25, 0.3) is 0 Å². The molecule has 2 aliphatic rings. The van der Waals surface area contributed by atoms with Crippen LogP contribution in [0.15, 0.2) is 47.6 Å². The Hall–Kier alpha value is -2.16. The van der Waals surface area contributed by atoms with Crippen LogP contribution < -0.4 is 0 Å². The summed E-state index contributed by atoms with van der Waals surface area (Å²) in [6, 6.07) is 12.8. The summed E-state index contributed by atoms with van der Waals surface area (Å²) in [6.45, 7) is 1.78. The summed E-state index contributed by atoms with van der Waals surface area (Å²) in [5.41, 5.74) is 4.84. The Morgan fingerprint density at radius 2 is 1.76 bits per heavy atom. The van der Waals surface area contributed by atoms with Crippen molar-refractivity contribution in [2.24, 2.45) is 5.18 Å². The summed E-state index contributed by atoms with van der Waals surface area (Å²) in [4.78, 5) is 11.6. The third-order valence-electron chi connectivity index (χ3n) is 5.89. The summed E-state index contributed by atoms with van der Waals surface area (Å²) in [5.74, 6) is -1.62. The number of nitroso groups, excluding NO2 is 1. The van der Waals surface area contributed by atoms with Crippen molar-refractivity contribution in [3.63, 3.8) is 0 Å². The van der Waals surface area contributed by atoms with Crippen molar-refractivity contribution >= 4 is 0 Å². The molecule has 0 radical (unpaired) electrons. The standard InChI is InChI=1S/C22H25NO6/c1-2-13-3-5-14(6-4-13)9-15-7-8-16-12-28-22(17(16)10-15)21(23-27)20(26)19(25)18(11-24)29-22/h3-8,10,18-21,24-26H,2,9,11-12H2,1H3/t18?,19?,20?,21?,22-/m1/s1. The maximum Gasteiger partial charge on any atom is 0.225 e. The second-order valence-corrected chi connectivity index (χ2v) is 7.66. The number of fused-ring (bicyclic) bond motifs is 2. The van der Waals surface area contributed by atoms with Gasteiger partial charge in [0.1, 0.15) is 18.3 Å². The van der Waals surface area contributed by atoms with Crippen molar-refractivity contribution in [2.75, 3.05) is 6.61 Å². The van der Waals surface area contributed by atoms with Gasteiger partial charge in [0, 0.05) is 5.56 Å². The Kier molecular flexibility index (Phi) is 5.50. The highest BCUT2D eigenvalue weighted by Crippen LogP contribution is 2.47. The molecular weight excluding hydrogens is 374 g/mol. The molecule has 2 heterocycles. The lowest BCUT2D eigenvalue weighted by atomic mass is 9.85. The normalized spacial score (nSPS) is 31.0. The minimum atomic E-state index is -1.62. The molecule has 4 unspecified atom stereocenters. The third kappa shape index (κ3) is 3.39. The number of nitrogens with zero attached hydrogens (tertiary/aromatic N) is 1. The van der Waals surface area contributed by atoms with Gasteiger partial charge in [0.15, 0.2) is 6.04 Å². The number of rotatable bonds is 5. The van der Waals surface area contributed by atoms with Crippen molar-refractivity contribution in [2.45, 2.75) is 56.5 Å². The van der Waals surface area contributed by atoms with Crippen molar-refractivity contribution in [3.05, 3.63) is 75.2 Å². The van der Waals surface area contributed by atoms with Crippen molar-refractivity contribution in [1.29, 1.82) is 0 Å². The number of hydrogen-bond donors (Lipinski definition) is 3. The molecule has 1 fully saturated rings. The molecule has 3 N–H and O–H groups in total. The summed E-state index contributed by atoms with van der Waals surface area (Å²) >= 11 is 0. The SMILES string of the molecule is CCc1ccc(Cc2ccc3c(c2)[C@@]2(OC3)OC(CO)C(O)C(O)C2N=O)cc1. The van der Waals surface area contributed by atoms with Gasteiger partial charge in [-0.1, -0.05) is 48.5 Å². The zero-order chi connectivity index (χ0) is 20.6. The molecule has 5 atom stereocenters. The highest BCUT2D eigenvalue weighted by atomic mass is 16.7. The topological polar surface area (TPSA) is 109 Å². The Morgan fingerprint density at radius 1 is 1.07 bits per heavy atom. The molecule has 29 heavy (non-hydrogen) atoms. The van der Waals surface area contributed by atoms with Crippen LogP contribution >= 0.6 is 0 Å². The predicted molar refractivity (Wildman–Crippen MR) is 105 cm³/mol. The largest absolute Gasteiger partial charge is 0.394 e. The van der Waals surface area contributed by atoms with Gasteiger partial charge < -0.3 is 24.8 Å². The van der Waals surface area contributed by atoms with E-state index in [1.54, 1.807) is 0 Å². The van der Waals surface area contributed by atoms with E-state index in [4.69, 9.17) is 9.47 Å². The summed E-state index contributed by atoms with van der Waals surface area (Å²) in [6.07, 6.45) is -2.35. The second-order valence-electron chi connectivity index (χ2n) is 7.66. The lowest BCUT2D eigenvalue weighted by molar-refractivity contribution is -0.335. The van der Waals surface area contributed by atoms with Crippen molar-refractivity contribution < 1.29 is 24.8 Å². The molecule has 154 valence electrons.